The molecule has 0 spiro atoms. The Labute approximate surface area is 102 Å². The molecule has 0 aromatic heterocycles. The van der Waals surface area contributed by atoms with E-state index in [0.29, 0.717) is 6.54 Å². The molecule has 0 saturated carbocycles. The summed E-state index contributed by atoms with van der Waals surface area (Å²) in [5.74, 6) is 0.776. The third-order valence-electron chi connectivity index (χ3n) is 2.85. The minimum Gasteiger partial charge on any atom is -0.497 e. The predicted octanol–water partition coefficient (Wildman–Crippen LogP) is 1.64. The Morgan fingerprint density at radius 1 is 1.35 bits per heavy atom. The maximum absolute atomic E-state index is 12.2. The van der Waals surface area contributed by atoms with Crippen molar-refractivity contribution in [3.05, 3.63) is 24.3 Å². The zero-order chi connectivity index (χ0) is 13.1. The number of carbonyl (C=O) groups is 1. The first-order chi connectivity index (χ1) is 7.92. The van der Waals surface area contributed by atoms with Crippen LogP contribution in [0.4, 0.5) is 5.69 Å². The average molecular weight is 236 g/mol. The molecule has 0 atom stereocenters. The van der Waals surface area contributed by atoms with Gasteiger partial charge < -0.3 is 15.4 Å². The Morgan fingerprint density at radius 2 is 1.88 bits per heavy atom. The molecule has 0 aliphatic heterocycles. The molecule has 4 heteroatoms. The lowest BCUT2D eigenvalue weighted by Gasteiger charge is -2.28. The molecule has 1 aromatic rings. The number of amides is 1. The summed E-state index contributed by atoms with van der Waals surface area (Å²) >= 11 is 0. The highest BCUT2D eigenvalue weighted by Crippen LogP contribution is 2.23. The van der Waals surface area contributed by atoms with Gasteiger partial charge in [-0.1, -0.05) is 0 Å². The van der Waals surface area contributed by atoms with Gasteiger partial charge in [-0.2, -0.15) is 0 Å². The first-order valence-corrected chi connectivity index (χ1v) is 5.54. The van der Waals surface area contributed by atoms with Crippen LogP contribution in [0.3, 0.4) is 0 Å². The second kappa shape index (κ2) is 5.19. The molecule has 0 heterocycles. The second-order valence-electron chi connectivity index (χ2n) is 4.65. The first kappa shape index (κ1) is 13.5. The number of nitrogens with two attached hydrogens (primary N) is 1. The number of hydrogen-bond acceptors (Lipinski definition) is 3. The summed E-state index contributed by atoms with van der Waals surface area (Å²) in [7, 11) is 3.36. The van der Waals surface area contributed by atoms with Gasteiger partial charge in [0, 0.05) is 19.3 Å². The number of benzene rings is 1. The van der Waals surface area contributed by atoms with E-state index in [9.17, 15) is 4.79 Å². The molecule has 0 unspecified atom stereocenters. The van der Waals surface area contributed by atoms with Gasteiger partial charge in [0.25, 0.3) is 0 Å². The Kier molecular flexibility index (Phi) is 4.12. The zero-order valence-corrected chi connectivity index (χ0v) is 10.9. The van der Waals surface area contributed by atoms with E-state index < -0.39 is 5.41 Å². The third-order valence-corrected chi connectivity index (χ3v) is 2.85. The number of ether oxygens (including phenoxy) is 1. The van der Waals surface area contributed by atoms with E-state index >= 15 is 0 Å². The van der Waals surface area contributed by atoms with Crippen molar-refractivity contribution in [2.45, 2.75) is 13.8 Å². The van der Waals surface area contributed by atoms with Crippen LogP contribution in [0.25, 0.3) is 0 Å². The summed E-state index contributed by atoms with van der Waals surface area (Å²) in [5, 5.41) is 0. The SMILES string of the molecule is COc1ccc(N(C)C(=O)C(C)(C)CN)cc1. The summed E-state index contributed by atoms with van der Waals surface area (Å²) < 4.78 is 5.07. The van der Waals surface area contributed by atoms with Crippen molar-refractivity contribution in [2.75, 3.05) is 25.6 Å². The van der Waals surface area contributed by atoms with Gasteiger partial charge in [0.2, 0.25) is 5.91 Å². The van der Waals surface area contributed by atoms with Crippen LogP contribution in [0, 0.1) is 5.41 Å². The fourth-order valence-corrected chi connectivity index (χ4v) is 1.46. The lowest BCUT2D eigenvalue weighted by Crippen LogP contribution is -2.42. The third kappa shape index (κ3) is 2.97. The van der Waals surface area contributed by atoms with Crippen molar-refractivity contribution >= 4 is 11.6 Å². The van der Waals surface area contributed by atoms with Gasteiger partial charge in [-0.25, -0.2) is 0 Å². The van der Waals surface area contributed by atoms with Gasteiger partial charge in [-0.05, 0) is 38.1 Å². The molecule has 0 radical (unpaired) electrons. The molecule has 4 nitrogen and oxygen atoms in total. The molecule has 0 saturated heterocycles. The maximum atomic E-state index is 12.2. The molecule has 17 heavy (non-hydrogen) atoms. The minimum absolute atomic E-state index is 0.00478. The van der Waals surface area contributed by atoms with Crippen molar-refractivity contribution in [2.24, 2.45) is 11.1 Å². The lowest BCUT2D eigenvalue weighted by molar-refractivity contribution is -0.125. The van der Waals surface area contributed by atoms with Crippen LogP contribution >= 0.6 is 0 Å². The van der Waals surface area contributed by atoms with Gasteiger partial charge in [0.15, 0.2) is 0 Å². The monoisotopic (exact) mass is 236 g/mol. The Balaban J connectivity index is 2.88. The summed E-state index contributed by atoms with van der Waals surface area (Å²) in [5.41, 5.74) is 5.89. The molecule has 0 aliphatic carbocycles. The Bertz CT molecular complexity index is 385. The number of rotatable bonds is 4. The van der Waals surface area contributed by atoms with E-state index in [2.05, 4.69) is 0 Å². The van der Waals surface area contributed by atoms with Crippen molar-refractivity contribution in [1.82, 2.24) is 0 Å². The number of carbonyl (C=O) groups excluding carboxylic acids is 1. The highest BCUT2D eigenvalue weighted by molar-refractivity contribution is 5.96. The molecule has 0 aliphatic rings. The number of methoxy groups -OCH3 is 1. The van der Waals surface area contributed by atoms with E-state index in [1.807, 2.05) is 38.1 Å². The molecule has 94 valence electrons. The molecule has 0 fully saturated rings. The van der Waals surface area contributed by atoms with Crippen LogP contribution in [-0.2, 0) is 4.79 Å². The molecule has 0 bridgehead atoms. The summed E-state index contributed by atoms with van der Waals surface area (Å²) in [6.45, 7) is 4.01. The van der Waals surface area contributed by atoms with Gasteiger partial charge in [0.05, 0.1) is 12.5 Å². The molecule has 2 N–H and O–H groups in total. The predicted molar refractivity (Wildman–Crippen MR) is 69.2 cm³/mol. The van der Waals surface area contributed by atoms with E-state index in [4.69, 9.17) is 10.5 Å². The molecule has 1 amide bonds. The topological polar surface area (TPSA) is 55.6 Å². The highest BCUT2D eigenvalue weighted by Gasteiger charge is 2.29. The van der Waals surface area contributed by atoms with Crippen molar-refractivity contribution in [3.8, 4) is 5.75 Å². The summed E-state index contributed by atoms with van der Waals surface area (Å²) in [6, 6.07) is 7.36. The van der Waals surface area contributed by atoms with E-state index in [0.717, 1.165) is 11.4 Å². The van der Waals surface area contributed by atoms with Crippen LogP contribution in [0.1, 0.15) is 13.8 Å². The standard InChI is InChI=1S/C13H20N2O2/c1-13(2,9-14)12(16)15(3)10-5-7-11(17-4)8-6-10/h5-8H,9,14H2,1-4H3. The first-order valence-electron chi connectivity index (χ1n) is 5.54. The van der Waals surface area contributed by atoms with Crippen molar-refractivity contribution < 1.29 is 9.53 Å². The molecular weight excluding hydrogens is 216 g/mol. The van der Waals surface area contributed by atoms with Crippen molar-refractivity contribution in [1.29, 1.82) is 0 Å². The number of hydrogen-bond donors (Lipinski definition) is 1. The van der Waals surface area contributed by atoms with Gasteiger partial charge in [-0.3, -0.25) is 4.79 Å². The van der Waals surface area contributed by atoms with Crippen LogP contribution in [0.2, 0.25) is 0 Å². The van der Waals surface area contributed by atoms with Gasteiger partial charge >= 0.3 is 0 Å². The van der Waals surface area contributed by atoms with Crippen molar-refractivity contribution in [3.63, 3.8) is 0 Å². The number of anilines is 1. The Morgan fingerprint density at radius 3 is 2.29 bits per heavy atom. The molecule has 1 aromatic carbocycles. The van der Waals surface area contributed by atoms with E-state index in [1.54, 1.807) is 19.1 Å². The van der Waals surface area contributed by atoms with Crippen LogP contribution in [0.5, 0.6) is 5.75 Å². The number of nitrogens with zero attached hydrogens (tertiary/aromatic N) is 1. The quantitative estimate of drug-likeness (QED) is 0.864. The van der Waals surface area contributed by atoms with Crippen LogP contribution < -0.4 is 15.4 Å². The average Bonchev–Trinajstić information content (AvgIpc) is 2.37. The highest BCUT2D eigenvalue weighted by atomic mass is 16.5. The molecule has 1 rings (SSSR count). The van der Waals surface area contributed by atoms with Crippen LogP contribution in [0.15, 0.2) is 24.3 Å². The molecular formula is C13H20N2O2. The fourth-order valence-electron chi connectivity index (χ4n) is 1.46. The largest absolute Gasteiger partial charge is 0.497 e. The normalized spacial score (nSPS) is 11.1. The lowest BCUT2D eigenvalue weighted by atomic mass is 9.92. The summed E-state index contributed by atoms with van der Waals surface area (Å²) in [4.78, 5) is 13.8. The fraction of sp³-hybridized carbons (Fsp3) is 0.462. The maximum Gasteiger partial charge on any atom is 0.233 e. The Hall–Kier alpha value is -1.55. The zero-order valence-electron chi connectivity index (χ0n) is 10.9. The second-order valence-corrected chi connectivity index (χ2v) is 4.65. The van der Waals surface area contributed by atoms with Crippen LogP contribution in [-0.4, -0.2) is 26.6 Å². The smallest absolute Gasteiger partial charge is 0.233 e. The van der Waals surface area contributed by atoms with Gasteiger partial charge in [-0.15, -0.1) is 0 Å². The van der Waals surface area contributed by atoms with E-state index in [1.165, 1.54) is 0 Å². The van der Waals surface area contributed by atoms with Gasteiger partial charge in [0.1, 0.15) is 5.75 Å². The minimum atomic E-state index is -0.547. The van der Waals surface area contributed by atoms with E-state index in [-0.39, 0.29) is 5.91 Å². The summed E-state index contributed by atoms with van der Waals surface area (Å²) in [6.07, 6.45) is 0.